The highest BCUT2D eigenvalue weighted by Gasteiger charge is 2.38. The molecule has 0 saturated carbocycles. The van der Waals surface area contributed by atoms with Gasteiger partial charge < -0.3 is 30.9 Å². The fraction of sp³-hybridized carbons (Fsp3) is 0.607. The number of unbranched alkanes of at least 4 members (excludes halogenated alkanes) is 2. The van der Waals surface area contributed by atoms with Gasteiger partial charge in [0.1, 0.15) is 0 Å². The summed E-state index contributed by atoms with van der Waals surface area (Å²) in [5, 5.41) is 37.4. The molecular formula is C28H47NO6. The van der Waals surface area contributed by atoms with Gasteiger partial charge in [-0.2, -0.15) is 0 Å². The van der Waals surface area contributed by atoms with Crippen LogP contribution in [0.15, 0.2) is 60.8 Å². The summed E-state index contributed by atoms with van der Waals surface area (Å²) < 4.78 is 5.52. The topological polar surface area (TPSA) is 133 Å². The Kier molecular flexibility index (Phi) is 20.0. The van der Waals surface area contributed by atoms with Crippen molar-refractivity contribution in [1.82, 2.24) is 0 Å². The van der Waals surface area contributed by atoms with Crippen molar-refractivity contribution in [2.75, 3.05) is 13.2 Å². The Morgan fingerprint density at radius 2 is 1.37 bits per heavy atom. The van der Waals surface area contributed by atoms with E-state index in [4.69, 9.17) is 10.5 Å². The number of nitrogens with two attached hydrogens (primary N) is 1. The number of hydrogen-bond donors (Lipinski definition) is 5. The van der Waals surface area contributed by atoms with Gasteiger partial charge in [0.2, 0.25) is 0 Å². The third-order valence-electron chi connectivity index (χ3n) is 5.49. The van der Waals surface area contributed by atoms with E-state index in [0.29, 0.717) is 6.42 Å². The number of ether oxygens (including phenoxy) is 1. The van der Waals surface area contributed by atoms with E-state index in [1.807, 2.05) is 0 Å². The first-order valence-corrected chi connectivity index (χ1v) is 12.6. The van der Waals surface area contributed by atoms with Crippen LogP contribution in [0.1, 0.15) is 71.6 Å². The Balaban J connectivity index is 3.99. The molecule has 3 unspecified atom stereocenters. The predicted molar refractivity (Wildman–Crippen MR) is 142 cm³/mol. The number of allylic oxidation sites excluding steroid dienone is 10. The molecular weight excluding hydrogens is 446 g/mol. The largest absolute Gasteiger partial charge is 0.479 e. The van der Waals surface area contributed by atoms with E-state index in [9.17, 15) is 25.2 Å². The van der Waals surface area contributed by atoms with Crippen LogP contribution in [0.4, 0.5) is 0 Å². The van der Waals surface area contributed by atoms with Crippen molar-refractivity contribution in [2.24, 2.45) is 11.7 Å². The van der Waals surface area contributed by atoms with Gasteiger partial charge >= 0.3 is 5.97 Å². The van der Waals surface area contributed by atoms with E-state index < -0.39 is 36.4 Å². The Bertz CT molecular complexity index is 683. The summed E-state index contributed by atoms with van der Waals surface area (Å²) >= 11 is 0. The highest BCUT2D eigenvalue weighted by atomic mass is 16.5. The standard InChI is InChI=1S/C28H47NO6/c1-3-4-5-6-7-8-9-10-11-12-13-14-15-16-17-18-19-20-21-35-25(26(31)32)24(2)22-28(29,23-30)27(33)34/h4-5,7-8,10-11,13-14,16-17,24-25,27,30,33-34H,3,6,9,12,15,18-23,29H2,1-2H3,(H,31,32)/b5-4-,8-7-,11-10-,14-13-,17-16-. The predicted octanol–water partition coefficient (Wildman–Crippen LogP) is 4.40. The van der Waals surface area contributed by atoms with Gasteiger partial charge in [0, 0.05) is 6.61 Å². The molecule has 0 saturated heterocycles. The van der Waals surface area contributed by atoms with Gasteiger partial charge in [-0.25, -0.2) is 4.79 Å². The van der Waals surface area contributed by atoms with E-state index in [1.54, 1.807) is 6.92 Å². The molecule has 0 amide bonds. The number of aliphatic hydroxyl groups is 3. The molecule has 0 rings (SSSR count). The van der Waals surface area contributed by atoms with E-state index in [0.717, 1.165) is 44.9 Å². The lowest BCUT2D eigenvalue weighted by atomic mass is 9.86. The third-order valence-corrected chi connectivity index (χ3v) is 5.49. The van der Waals surface area contributed by atoms with Crippen molar-refractivity contribution in [3.63, 3.8) is 0 Å². The highest BCUT2D eigenvalue weighted by molar-refractivity contribution is 5.72. The lowest BCUT2D eigenvalue weighted by Gasteiger charge is -2.33. The molecule has 35 heavy (non-hydrogen) atoms. The minimum absolute atomic E-state index is 0.0990. The number of carboxylic acids is 1. The van der Waals surface area contributed by atoms with Crippen molar-refractivity contribution in [3.05, 3.63) is 60.8 Å². The number of carbonyl (C=O) groups is 1. The van der Waals surface area contributed by atoms with Gasteiger partial charge in [-0.15, -0.1) is 0 Å². The van der Waals surface area contributed by atoms with Gasteiger partial charge in [0.25, 0.3) is 0 Å². The summed E-state index contributed by atoms with van der Waals surface area (Å²) in [5.41, 5.74) is 4.08. The molecule has 0 aromatic heterocycles. The normalized spacial score (nSPS) is 16.4. The Hall–Kier alpha value is -2.03. The maximum Gasteiger partial charge on any atom is 0.333 e. The van der Waals surface area contributed by atoms with Crippen LogP contribution in [0.2, 0.25) is 0 Å². The lowest BCUT2D eigenvalue weighted by molar-refractivity contribution is -0.158. The maximum atomic E-state index is 11.5. The van der Waals surface area contributed by atoms with Crippen LogP contribution in [0.25, 0.3) is 0 Å². The second-order valence-electron chi connectivity index (χ2n) is 8.78. The zero-order valence-electron chi connectivity index (χ0n) is 21.5. The summed E-state index contributed by atoms with van der Waals surface area (Å²) in [6.07, 6.45) is 25.7. The first-order valence-electron chi connectivity index (χ1n) is 12.6. The molecule has 0 aliphatic rings. The van der Waals surface area contributed by atoms with Gasteiger partial charge in [-0.1, -0.05) is 74.6 Å². The molecule has 0 fully saturated rings. The third kappa shape index (κ3) is 17.1. The lowest BCUT2D eigenvalue weighted by Crippen LogP contribution is -2.56. The van der Waals surface area contributed by atoms with Gasteiger partial charge in [-0.3, -0.25) is 0 Å². The highest BCUT2D eigenvalue weighted by Crippen LogP contribution is 2.22. The van der Waals surface area contributed by atoms with Crippen LogP contribution in [0, 0.1) is 5.92 Å². The van der Waals surface area contributed by atoms with Crippen LogP contribution in [-0.4, -0.2) is 57.5 Å². The Morgan fingerprint density at radius 3 is 1.80 bits per heavy atom. The van der Waals surface area contributed by atoms with Crippen molar-refractivity contribution in [2.45, 2.75) is 89.6 Å². The summed E-state index contributed by atoms with van der Waals surface area (Å²) in [6.45, 7) is 3.35. The van der Waals surface area contributed by atoms with Gasteiger partial charge in [0.05, 0.1) is 12.1 Å². The van der Waals surface area contributed by atoms with Crippen molar-refractivity contribution >= 4 is 5.97 Å². The fourth-order valence-electron chi connectivity index (χ4n) is 3.38. The molecule has 7 heteroatoms. The fourth-order valence-corrected chi connectivity index (χ4v) is 3.38. The average molecular weight is 494 g/mol. The minimum atomic E-state index is -1.95. The molecule has 0 heterocycles. The van der Waals surface area contributed by atoms with Crippen LogP contribution in [0.5, 0.6) is 0 Å². The van der Waals surface area contributed by atoms with Crippen LogP contribution in [0.3, 0.4) is 0 Å². The monoisotopic (exact) mass is 493 g/mol. The molecule has 6 N–H and O–H groups in total. The molecule has 3 atom stereocenters. The molecule has 0 radical (unpaired) electrons. The summed E-state index contributed by atoms with van der Waals surface area (Å²) in [5.74, 6) is -1.74. The van der Waals surface area contributed by atoms with E-state index in [1.165, 1.54) is 0 Å². The van der Waals surface area contributed by atoms with Crippen LogP contribution in [-0.2, 0) is 9.53 Å². The average Bonchev–Trinajstić information content (AvgIpc) is 2.82. The SMILES string of the molecule is CC/C=C\C/C=C\C/C=C\C/C=C\C/C=C\CCCCOC(C(=O)O)C(C)CC(N)(CO)C(O)O. The van der Waals surface area contributed by atoms with Crippen LogP contribution >= 0.6 is 0 Å². The van der Waals surface area contributed by atoms with Gasteiger partial charge in [0.15, 0.2) is 12.4 Å². The van der Waals surface area contributed by atoms with E-state index in [-0.39, 0.29) is 13.0 Å². The summed E-state index contributed by atoms with van der Waals surface area (Å²) in [4.78, 5) is 11.5. The number of aliphatic hydroxyl groups excluding tert-OH is 2. The Morgan fingerprint density at radius 1 is 0.886 bits per heavy atom. The Labute approximate surface area is 211 Å². The first-order chi connectivity index (χ1) is 16.8. The van der Waals surface area contributed by atoms with Crippen molar-refractivity contribution < 1.29 is 30.0 Å². The zero-order valence-corrected chi connectivity index (χ0v) is 21.5. The molecule has 0 aliphatic carbocycles. The molecule has 0 bridgehead atoms. The van der Waals surface area contributed by atoms with Crippen molar-refractivity contribution in [1.29, 1.82) is 0 Å². The number of hydrogen-bond acceptors (Lipinski definition) is 6. The van der Waals surface area contributed by atoms with Crippen LogP contribution < -0.4 is 5.73 Å². The number of rotatable bonds is 21. The molecule has 0 aliphatic heterocycles. The second kappa shape index (κ2) is 21.3. The molecule has 0 aromatic rings. The molecule has 0 aromatic carbocycles. The summed E-state index contributed by atoms with van der Waals surface area (Å²) in [6, 6.07) is 0. The second-order valence-corrected chi connectivity index (χ2v) is 8.78. The molecule has 200 valence electrons. The quantitative estimate of drug-likeness (QED) is 0.0909. The van der Waals surface area contributed by atoms with E-state index >= 15 is 0 Å². The molecule has 7 nitrogen and oxygen atoms in total. The maximum absolute atomic E-state index is 11.5. The minimum Gasteiger partial charge on any atom is -0.479 e. The van der Waals surface area contributed by atoms with Crippen molar-refractivity contribution in [3.8, 4) is 0 Å². The number of aliphatic carboxylic acids is 1. The number of carboxylic acid groups (broad SMARTS) is 1. The molecule has 0 spiro atoms. The van der Waals surface area contributed by atoms with Gasteiger partial charge in [-0.05, 0) is 63.7 Å². The summed E-state index contributed by atoms with van der Waals surface area (Å²) in [7, 11) is 0. The van der Waals surface area contributed by atoms with E-state index in [2.05, 4.69) is 67.7 Å². The first kappa shape index (κ1) is 33.0. The zero-order chi connectivity index (χ0) is 26.4. The smallest absolute Gasteiger partial charge is 0.333 e.